The molecule has 0 spiro atoms. The number of carbonyl (C=O) groups excluding carboxylic acids is 1. The van der Waals surface area contributed by atoms with E-state index in [-0.39, 0.29) is 29.7 Å². The molecule has 0 aromatic heterocycles. The van der Waals surface area contributed by atoms with Crippen LogP contribution in [0, 0.1) is 0 Å². The van der Waals surface area contributed by atoms with Gasteiger partial charge in [-0.25, -0.2) is 8.63 Å². The Kier molecular flexibility index (Phi) is 5.67. The van der Waals surface area contributed by atoms with Gasteiger partial charge < -0.3 is 15.3 Å². The number of halogens is 2. The molecule has 2 aliphatic carbocycles. The Morgan fingerprint density at radius 3 is 1.52 bits per heavy atom. The summed E-state index contributed by atoms with van der Waals surface area (Å²) in [6, 6.07) is 32.3. The van der Waals surface area contributed by atoms with E-state index in [1.807, 2.05) is 60.7 Å². The van der Waals surface area contributed by atoms with Crippen LogP contribution in [0.3, 0.4) is 0 Å². The topological polar surface area (TPSA) is 50.4 Å². The van der Waals surface area contributed by atoms with E-state index in [1.165, 1.54) is 6.08 Å². The first-order valence-corrected chi connectivity index (χ1v) is 14.1. The lowest BCUT2D eigenvalue weighted by molar-refractivity contribution is -0.111. The van der Waals surface area contributed by atoms with Gasteiger partial charge in [0.05, 0.1) is 23.5 Å². The second-order valence-electron chi connectivity index (χ2n) is 11.1. The zero-order chi connectivity index (χ0) is 28.4. The summed E-state index contributed by atoms with van der Waals surface area (Å²) in [7, 11) is -3.08. The Morgan fingerprint density at radius 2 is 1.02 bits per heavy atom. The first-order chi connectivity index (χ1) is 20.6. The fourth-order valence-corrected chi connectivity index (χ4v) is 7.11. The Balaban J connectivity index is 1.15. The molecular weight excluding hydrogens is 529 g/mol. The molecule has 0 saturated heterocycles. The highest BCUT2D eigenvalue weighted by molar-refractivity contribution is 6.35. The fraction of sp³-hybridized carbons (Fsp3) is 0.114. The Bertz CT molecular complexity index is 1860. The smallest absolute Gasteiger partial charge is 0.503 e. The van der Waals surface area contributed by atoms with Gasteiger partial charge in [-0.3, -0.25) is 4.79 Å². The standard InChI is InChI=1S/C35H25BF2N2O2/c37-36(38)42-33(31-18-29-25-14-4-2-10-21(25)23-12-6-8-16-27(23)35(29)40-31)19-32(41)30-17-28-24-13-3-1-9-20(24)22-11-5-7-15-26(22)34(28)39-30/h1-19,28-29,34-35,39-40H/b33-19-. The molecule has 4 aromatic carbocycles. The van der Waals surface area contributed by atoms with E-state index in [9.17, 15) is 13.4 Å². The summed E-state index contributed by atoms with van der Waals surface area (Å²) in [4.78, 5) is 13.7. The van der Waals surface area contributed by atoms with Gasteiger partial charge in [-0.2, -0.15) is 0 Å². The molecule has 4 nitrogen and oxygen atoms in total. The molecular formula is C35H25BF2N2O2. The van der Waals surface area contributed by atoms with Crippen molar-refractivity contribution in [3.8, 4) is 22.3 Å². The van der Waals surface area contributed by atoms with E-state index in [4.69, 9.17) is 4.65 Å². The lowest BCUT2D eigenvalue weighted by Gasteiger charge is -2.31. The second kappa shape index (κ2) is 9.59. The van der Waals surface area contributed by atoms with Crippen LogP contribution in [-0.4, -0.2) is 13.3 Å². The van der Waals surface area contributed by atoms with Gasteiger partial charge in [-0.1, -0.05) is 97.1 Å². The minimum Gasteiger partial charge on any atom is -0.503 e. The van der Waals surface area contributed by atoms with Crippen molar-refractivity contribution in [3.63, 3.8) is 0 Å². The first kappa shape index (κ1) is 24.9. The molecule has 7 heteroatoms. The maximum absolute atomic E-state index is 13.7. The van der Waals surface area contributed by atoms with E-state index in [2.05, 4.69) is 59.2 Å². The molecule has 2 aliphatic heterocycles. The molecule has 42 heavy (non-hydrogen) atoms. The van der Waals surface area contributed by atoms with Gasteiger partial charge in [0.15, 0.2) is 0 Å². The van der Waals surface area contributed by atoms with Crippen LogP contribution in [0.5, 0.6) is 0 Å². The van der Waals surface area contributed by atoms with Crippen molar-refractivity contribution in [1.82, 2.24) is 10.6 Å². The van der Waals surface area contributed by atoms with Crippen LogP contribution in [0.25, 0.3) is 22.3 Å². The molecule has 4 aromatic rings. The van der Waals surface area contributed by atoms with E-state index < -0.39 is 13.3 Å². The predicted molar refractivity (Wildman–Crippen MR) is 159 cm³/mol. The van der Waals surface area contributed by atoms with Gasteiger partial charge in [-0.15, -0.1) is 0 Å². The largest absolute Gasteiger partial charge is 0.796 e. The Hall–Kier alpha value is -4.91. The highest BCUT2D eigenvalue weighted by atomic mass is 19.2. The molecule has 4 aliphatic rings. The summed E-state index contributed by atoms with van der Waals surface area (Å²) in [6.45, 7) is 0. The number of ketones is 1. The average molecular weight is 554 g/mol. The van der Waals surface area contributed by atoms with Gasteiger partial charge in [-0.05, 0) is 56.7 Å². The van der Waals surface area contributed by atoms with Crippen molar-refractivity contribution < 1.29 is 18.1 Å². The Morgan fingerprint density at radius 1 is 0.619 bits per heavy atom. The highest BCUT2D eigenvalue weighted by Crippen LogP contribution is 2.51. The van der Waals surface area contributed by atoms with E-state index >= 15 is 0 Å². The molecule has 0 fully saturated rings. The average Bonchev–Trinajstić information content (AvgIpc) is 3.68. The summed E-state index contributed by atoms with van der Waals surface area (Å²) >= 11 is 0. The molecule has 2 N–H and O–H groups in total. The van der Waals surface area contributed by atoms with Gasteiger partial charge in [0, 0.05) is 17.9 Å². The van der Waals surface area contributed by atoms with Crippen molar-refractivity contribution in [2.75, 3.05) is 0 Å². The molecule has 204 valence electrons. The van der Waals surface area contributed by atoms with Crippen LogP contribution < -0.4 is 10.6 Å². The number of hydrogen-bond donors (Lipinski definition) is 2. The Labute approximate surface area is 242 Å². The third-order valence-corrected chi connectivity index (χ3v) is 8.85. The molecule has 0 radical (unpaired) electrons. The lowest BCUT2D eigenvalue weighted by atomic mass is 9.76. The number of rotatable bonds is 5. The van der Waals surface area contributed by atoms with Crippen LogP contribution >= 0.6 is 0 Å². The lowest BCUT2D eigenvalue weighted by Crippen LogP contribution is -2.26. The van der Waals surface area contributed by atoms with Crippen molar-refractivity contribution in [2.24, 2.45) is 0 Å². The monoisotopic (exact) mass is 554 g/mol. The molecule has 0 bridgehead atoms. The quantitative estimate of drug-likeness (QED) is 0.154. The van der Waals surface area contributed by atoms with Crippen LogP contribution in [0.1, 0.15) is 46.2 Å². The van der Waals surface area contributed by atoms with Crippen LogP contribution in [0.2, 0.25) is 0 Å². The van der Waals surface area contributed by atoms with E-state index in [0.29, 0.717) is 11.4 Å². The maximum Gasteiger partial charge on any atom is 0.796 e. The van der Waals surface area contributed by atoms with Crippen LogP contribution in [0.4, 0.5) is 8.63 Å². The number of hydrogen-bond acceptors (Lipinski definition) is 4. The van der Waals surface area contributed by atoms with Gasteiger partial charge >= 0.3 is 7.47 Å². The number of fused-ring (bicyclic) bond motifs is 12. The summed E-state index contributed by atoms with van der Waals surface area (Å²) < 4.78 is 32.5. The first-order valence-electron chi connectivity index (χ1n) is 14.1. The summed E-state index contributed by atoms with van der Waals surface area (Å²) in [5.41, 5.74) is 9.68. The molecule has 4 unspecified atom stereocenters. The van der Waals surface area contributed by atoms with Gasteiger partial charge in [0.25, 0.3) is 0 Å². The normalized spacial score (nSPS) is 22.5. The number of allylic oxidation sites excluding steroid dienone is 1. The zero-order valence-electron chi connectivity index (χ0n) is 22.4. The van der Waals surface area contributed by atoms with E-state index in [1.54, 1.807) is 0 Å². The summed E-state index contributed by atoms with van der Waals surface area (Å²) in [5.74, 6) is -0.723. The van der Waals surface area contributed by atoms with Crippen molar-refractivity contribution in [2.45, 2.75) is 23.9 Å². The fourth-order valence-electron chi connectivity index (χ4n) is 7.11. The minimum atomic E-state index is -3.08. The van der Waals surface area contributed by atoms with Crippen molar-refractivity contribution >= 4 is 13.3 Å². The SMILES string of the molecule is O=C(/C=C(\OB(F)F)C1=CC2c3ccccc3-c3ccccc3C2N1)C1=CC2c3ccccc3-c3ccccc3C2N1. The molecule has 8 rings (SSSR count). The molecule has 4 atom stereocenters. The minimum absolute atomic E-state index is 0.0531. The third-order valence-electron chi connectivity index (χ3n) is 8.85. The van der Waals surface area contributed by atoms with Crippen molar-refractivity contribution in [3.05, 3.63) is 155 Å². The van der Waals surface area contributed by atoms with Crippen molar-refractivity contribution in [1.29, 1.82) is 0 Å². The van der Waals surface area contributed by atoms with Crippen LogP contribution in [-0.2, 0) is 9.45 Å². The predicted octanol–water partition coefficient (Wildman–Crippen LogP) is 7.37. The molecule has 2 heterocycles. The zero-order valence-corrected chi connectivity index (χ0v) is 22.4. The number of carbonyl (C=O) groups is 1. The highest BCUT2D eigenvalue weighted by Gasteiger charge is 2.40. The van der Waals surface area contributed by atoms with Gasteiger partial charge in [0.2, 0.25) is 5.78 Å². The summed E-state index contributed by atoms with van der Waals surface area (Å²) in [6.07, 6.45) is 5.01. The number of nitrogens with one attached hydrogen (secondary N) is 2. The molecule has 0 amide bonds. The number of benzene rings is 4. The van der Waals surface area contributed by atoms with Crippen LogP contribution in [0.15, 0.2) is 132 Å². The van der Waals surface area contributed by atoms with E-state index in [0.717, 1.165) is 44.5 Å². The van der Waals surface area contributed by atoms with Gasteiger partial charge in [0.1, 0.15) is 5.76 Å². The maximum atomic E-state index is 13.7. The molecule has 0 saturated carbocycles. The third kappa shape index (κ3) is 3.84. The summed E-state index contributed by atoms with van der Waals surface area (Å²) in [5, 5.41) is 6.81. The second-order valence-corrected chi connectivity index (χ2v) is 11.1.